The van der Waals surface area contributed by atoms with Gasteiger partial charge in [-0.15, -0.1) is 0 Å². The molecule has 16 heavy (non-hydrogen) atoms. The Hall–Kier alpha value is -1.09. The van der Waals surface area contributed by atoms with Crippen LogP contribution < -0.4 is 5.32 Å². The van der Waals surface area contributed by atoms with Crippen molar-refractivity contribution in [2.45, 2.75) is 26.3 Å². The van der Waals surface area contributed by atoms with Gasteiger partial charge in [0.05, 0.1) is 6.04 Å². The largest absolute Gasteiger partial charge is 0.346 e. The van der Waals surface area contributed by atoms with E-state index >= 15 is 0 Å². The molecule has 1 aromatic rings. The highest BCUT2D eigenvalue weighted by atomic mass is 79.9. The fraction of sp³-hybridized carbons (Fsp3) is 0.308. The summed E-state index contributed by atoms with van der Waals surface area (Å²) in [5, 5.41) is 2.96. The molecule has 1 unspecified atom stereocenters. The van der Waals surface area contributed by atoms with E-state index in [9.17, 15) is 4.79 Å². The van der Waals surface area contributed by atoms with Gasteiger partial charge in [0.25, 0.3) is 0 Å². The van der Waals surface area contributed by atoms with Gasteiger partial charge in [-0.3, -0.25) is 4.79 Å². The number of halogens is 1. The molecule has 1 rings (SSSR count). The van der Waals surface area contributed by atoms with Gasteiger partial charge in [0, 0.05) is 4.47 Å². The summed E-state index contributed by atoms with van der Waals surface area (Å²) in [4.78, 5) is 11.4. The number of allylic oxidation sites excluding steroid dienone is 1. The van der Waals surface area contributed by atoms with Gasteiger partial charge < -0.3 is 5.32 Å². The van der Waals surface area contributed by atoms with Crippen molar-refractivity contribution in [1.82, 2.24) is 5.32 Å². The third kappa shape index (κ3) is 3.81. The minimum atomic E-state index is -0.0442. The van der Waals surface area contributed by atoms with Crippen LogP contribution in [-0.4, -0.2) is 5.91 Å². The minimum Gasteiger partial charge on any atom is -0.346 e. The molecule has 2 nitrogen and oxygen atoms in total. The lowest BCUT2D eigenvalue weighted by Gasteiger charge is -2.16. The van der Waals surface area contributed by atoms with E-state index in [-0.39, 0.29) is 11.9 Å². The number of carbonyl (C=O) groups excluding carboxylic acids is 1. The van der Waals surface area contributed by atoms with E-state index in [1.54, 1.807) is 12.2 Å². The maximum atomic E-state index is 11.4. The Morgan fingerprint density at radius 1 is 1.44 bits per heavy atom. The van der Waals surface area contributed by atoms with Gasteiger partial charge in [0.2, 0.25) is 5.91 Å². The van der Waals surface area contributed by atoms with Crippen molar-refractivity contribution in [3.8, 4) is 0 Å². The Morgan fingerprint density at radius 3 is 2.56 bits per heavy atom. The summed E-state index contributed by atoms with van der Waals surface area (Å²) in [6, 6.07) is 8.10. The normalized spacial score (nSPS) is 12.7. The van der Waals surface area contributed by atoms with Gasteiger partial charge >= 0.3 is 0 Å². The SMILES string of the molecule is CC=CC(=O)NC(CC)c1ccc(Br)cc1. The number of amides is 1. The van der Waals surface area contributed by atoms with Crippen LogP contribution in [0.15, 0.2) is 40.9 Å². The van der Waals surface area contributed by atoms with Crippen molar-refractivity contribution < 1.29 is 4.79 Å². The maximum absolute atomic E-state index is 11.4. The summed E-state index contributed by atoms with van der Waals surface area (Å²) in [6.07, 6.45) is 4.16. The van der Waals surface area contributed by atoms with Gasteiger partial charge in [0.15, 0.2) is 0 Å². The first-order chi connectivity index (χ1) is 7.67. The first-order valence-electron chi connectivity index (χ1n) is 5.36. The van der Waals surface area contributed by atoms with Gasteiger partial charge in [-0.05, 0) is 37.1 Å². The molecule has 0 saturated heterocycles. The van der Waals surface area contributed by atoms with Crippen LogP contribution in [0.4, 0.5) is 0 Å². The molecule has 1 atom stereocenters. The van der Waals surface area contributed by atoms with Crippen LogP contribution in [0.3, 0.4) is 0 Å². The van der Waals surface area contributed by atoms with Crippen LogP contribution in [0, 0.1) is 0 Å². The molecule has 1 N–H and O–H groups in total. The van der Waals surface area contributed by atoms with E-state index in [4.69, 9.17) is 0 Å². The molecular weight excluding hydrogens is 266 g/mol. The Morgan fingerprint density at radius 2 is 2.06 bits per heavy atom. The molecule has 0 bridgehead atoms. The second-order valence-electron chi connectivity index (χ2n) is 3.52. The molecule has 0 aliphatic heterocycles. The van der Waals surface area contributed by atoms with E-state index in [2.05, 4.69) is 28.2 Å². The molecule has 0 aromatic heterocycles. The fourth-order valence-corrected chi connectivity index (χ4v) is 1.75. The van der Waals surface area contributed by atoms with Gasteiger partial charge in [-0.2, -0.15) is 0 Å². The van der Waals surface area contributed by atoms with Crippen molar-refractivity contribution in [2.75, 3.05) is 0 Å². The van der Waals surface area contributed by atoms with Crippen molar-refractivity contribution in [2.24, 2.45) is 0 Å². The van der Waals surface area contributed by atoms with Gasteiger partial charge in [-0.25, -0.2) is 0 Å². The lowest BCUT2D eigenvalue weighted by Crippen LogP contribution is -2.26. The molecule has 1 aromatic carbocycles. The smallest absolute Gasteiger partial charge is 0.244 e. The molecule has 1 amide bonds. The zero-order chi connectivity index (χ0) is 12.0. The molecule has 0 aliphatic carbocycles. The quantitative estimate of drug-likeness (QED) is 0.840. The molecule has 0 fully saturated rings. The Labute approximate surface area is 105 Å². The van der Waals surface area contributed by atoms with Gasteiger partial charge in [0.1, 0.15) is 0 Å². The molecule has 0 heterocycles. The second kappa shape index (κ2) is 6.48. The van der Waals surface area contributed by atoms with E-state index in [1.807, 2.05) is 31.2 Å². The van der Waals surface area contributed by atoms with Crippen LogP contribution in [0.2, 0.25) is 0 Å². The van der Waals surface area contributed by atoms with Crippen LogP contribution in [0.5, 0.6) is 0 Å². The number of benzene rings is 1. The zero-order valence-electron chi connectivity index (χ0n) is 9.53. The number of carbonyl (C=O) groups is 1. The van der Waals surface area contributed by atoms with E-state index in [0.29, 0.717) is 0 Å². The Bertz CT molecular complexity index is 370. The lowest BCUT2D eigenvalue weighted by atomic mass is 10.0. The number of hydrogen-bond acceptors (Lipinski definition) is 1. The third-order valence-electron chi connectivity index (χ3n) is 2.32. The Balaban J connectivity index is 2.74. The monoisotopic (exact) mass is 281 g/mol. The summed E-state index contributed by atoms with van der Waals surface area (Å²) >= 11 is 3.39. The van der Waals surface area contributed by atoms with E-state index in [0.717, 1.165) is 16.5 Å². The zero-order valence-corrected chi connectivity index (χ0v) is 11.1. The average molecular weight is 282 g/mol. The number of hydrogen-bond donors (Lipinski definition) is 1. The first kappa shape index (κ1) is 13.0. The predicted octanol–water partition coefficient (Wildman–Crippen LogP) is 3.59. The van der Waals surface area contributed by atoms with Crippen LogP contribution in [0.25, 0.3) is 0 Å². The molecule has 86 valence electrons. The fourth-order valence-electron chi connectivity index (χ4n) is 1.49. The van der Waals surface area contributed by atoms with Crippen molar-refractivity contribution in [1.29, 1.82) is 0 Å². The molecule has 0 saturated carbocycles. The van der Waals surface area contributed by atoms with Crippen molar-refractivity contribution in [3.05, 3.63) is 46.5 Å². The highest BCUT2D eigenvalue weighted by Crippen LogP contribution is 2.19. The van der Waals surface area contributed by atoms with E-state index in [1.165, 1.54) is 0 Å². The van der Waals surface area contributed by atoms with Crippen molar-refractivity contribution in [3.63, 3.8) is 0 Å². The number of nitrogens with one attached hydrogen (secondary N) is 1. The molecule has 3 heteroatoms. The second-order valence-corrected chi connectivity index (χ2v) is 4.44. The molecule has 0 radical (unpaired) electrons. The molecule has 0 aliphatic rings. The van der Waals surface area contributed by atoms with E-state index < -0.39 is 0 Å². The third-order valence-corrected chi connectivity index (χ3v) is 2.84. The number of rotatable bonds is 4. The predicted molar refractivity (Wildman–Crippen MR) is 70.1 cm³/mol. The summed E-state index contributed by atoms with van der Waals surface area (Å²) in [5.41, 5.74) is 1.13. The highest BCUT2D eigenvalue weighted by Gasteiger charge is 2.10. The van der Waals surface area contributed by atoms with Crippen LogP contribution >= 0.6 is 15.9 Å². The summed E-state index contributed by atoms with van der Waals surface area (Å²) in [6.45, 7) is 3.89. The molecular formula is C13H16BrNO. The average Bonchev–Trinajstić information content (AvgIpc) is 2.27. The topological polar surface area (TPSA) is 29.1 Å². The van der Waals surface area contributed by atoms with Gasteiger partial charge in [-0.1, -0.05) is 41.1 Å². The summed E-state index contributed by atoms with van der Waals surface area (Å²) in [7, 11) is 0. The standard InChI is InChI=1S/C13H16BrNO/c1-3-5-13(16)15-12(4-2)10-6-8-11(14)9-7-10/h3,5-9,12H,4H2,1-2H3,(H,15,16). The lowest BCUT2D eigenvalue weighted by molar-refractivity contribution is -0.117. The van der Waals surface area contributed by atoms with Crippen LogP contribution in [0.1, 0.15) is 31.9 Å². The van der Waals surface area contributed by atoms with Crippen molar-refractivity contribution >= 4 is 21.8 Å². The highest BCUT2D eigenvalue weighted by molar-refractivity contribution is 9.10. The Kier molecular flexibility index (Phi) is 5.26. The minimum absolute atomic E-state index is 0.0442. The van der Waals surface area contributed by atoms with Crippen LogP contribution in [-0.2, 0) is 4.79 Å². The summed E-state index contributed by atoms with van der Waals surface area (Å²) in [5.74, 6) is -0.0442. The maximum Gasteiger partial charge on any atom is 0.244 e. The first-order valence-corrected chi connectivity index (χ1v) is 6.15. The summed E-state index contributed by atoms with van der Waals surface area (Å²) < 4.78 is 1.05. The molecule has 0 spiro atoms.